The number of para-hydroxylation sites is 2. The van der Waals surface area contributed by atoms with E-state index in [-0.39, 0.29) is 11.9 Å². The lowest BCUT2D eigenvalue weighted by molar-refractivity contribution is -0.117. The van der Waals surface area contributed by atoms with Gasteiger partial charge in [0, 0.05) is 42.8 Å². The Labute approximate surface area is 141 Å². The van der Waals surface area contributed by atoms with Gasteiger partial charge in [-0.05, 0) is 23.8 Å². The lowest BCUT2D eigenvalue weighted by Crippen LogP contribution is -2.32. The minimum Gasteiger partial charge on any atom is -0.311 e. The van der Waals surface area contributed by atoms with Crippen LogP contribution in [0.5, 0.6) is 0 Å². The third kappa shape index (κ3) is 2.88. The molecule has 2 heterocycles. The molecule has 1 atom stereocenters. The summed E-state index contributed by atoms with van der Waals surface area (Å²) in [6.07, 6.45) is 2.36. The summed E-state index contributed by atoms with van der Waals surface area (Å²) in [4.78, 5) is 18.6. The molecule has 4 heteroatoms. The number of nitrogens with zero attached hydrogens (tertiary/aromatic N) is 2. The summed E-state index contributed by atoms with van der Waals surface area (Å²) in [5, 5.41) is 4.66. The molecule has 1 aromatic heterocycles. The van der Waals surface area contributed by atoms with Crippen molar-refractivity contribution < 1.29 is 4.79 Å². The number of benzene rings is 2. The van der Waals surface area contributed by atoms with Gasteiger partial charge >= 0.3 is 0 Å². The molecular formula is C20H19N3O. The molecule has 1 aliphatic rings. The van der Waals surface area contributed by atoms with E-state index in [0.717, 1.165) is 23.1 Å². The molecule has 2 aromatic carbocycles. The van der Waals surface area contributed by atoms with Crippen LogP contribution in [0.4, 0.5) is 5.69 Å². The lowest BCUT2D eigenvalue weighted by atomic mass is 10.1. The van der Waals surface area contributed by atoms with Crippen LogP contribution in [0.3, 0.4) is 0 Å². The number of fused-ring (bicyclic) bond motifs is 1. The Kier molecular flexibility index (Phi) is 3.97. The van der Waals surface area contributed by atoms with E-state index >= 15 is 0 Å². The van der Waals surface area contributed by atoms with Gasteiger partial charge in [-0.2, -0.15) is 0 Å². The van der Waals surface area contributed by atoms with E-state index in [0.29, 0.717) is 13.0 Å². The average Bonchev–Trinajstić information content (AvgIpc) is 3.01. The molecule has 1 fully saturated rings. The molecule has 0 aliphatic carbocycles. The zero-order valence-electron chi connectivity index (χ0n) is 13.4. The maximum atomic E-state index is 12.3. The topological polar surface area (TPSA) is 45.2 Å². The molecule has 0 saturated carbocycles. The fourth-order valence-electron chi connectivity index (χ4n) is 3.27. The smallest absolute Gasteiger partial charge is 0.228 e. The van der Waals surface area contributed by atoms with Gasteiger partial charge in [0.05, 0.1) is 5.52 Å². The lowest BCUT2D eigenvalue weighted by Gasteiger charge is -2.17. The van der Waals surface area contributed by atoms with Gasteiger partial charge in [0.25, 0.3) is 0 Å². The van der Waals surface area contributed by atoms with Gasteiger partial charge in [-0.1, -0.05) is 42.5 Å². The summed E-state index contributed by atoms with van der Waals surface area (Å²) in [5.74, 6) is 0.176. The van der Waals surface area contributed by atoms with Crippen LogP contribution in [0.2, 0.25) is 0 Å². The molecule has 1 N–H and O–H groups in total. The van der Waals surface area contributed by atoms with Crippen molar-refractivity contribution in [3.8, 4) is 0 Å². The minimum absolute atomic E-state index is 0.164. The molecule has 120 valence electrons. The average molecular weight is 317 g/mol. The SMILES string of the molecule is O=C1C[C@H](NCc2cccc3cccnc23)CN1c1ccccc1. The Morgan fingerprint density at radius 1 is 1.04 bits per heavy atom. The number of hydrogen-bond acceptors (Lipinski definition) is 3. The van der Waals surface area contributed by atoms with Gasteiger partial charge in [0.1, 0.15) is 0 Å². The molecule has 0 radical (unpaired) electrons. The van der Waals surface area contributed by atoms with Crippen LogP contribution in [-0.4, -0.2) is 23.5 Å². The van der Waals surface area contributed by atoms with Crippen molar-refractivity contribution in [1.82, 2.24) is 10.3 Å². The van der Waals surface area contributed by atoms with Crippen molar-refractivity contribution in [2.45, 2.75) is 19.0 Å². The van der Waals surface area contributed by atoms with Crippen molar-refractivity contribution in [2.24, 2.45) is 0 Å². The standard InChI is InChI=1S/C20H19N3O/c24-19-12-17(14-23(19)18-9-2-1-3-10-18)22-13-16-7-4-6-15-8-5-11-21-20(15)16/h1-11,17,22H,12-14H2/t17-/m0/s1. The van der Waals surface area contributed by atoms with Crippen molar-refractivity contribution in [3.63, 3.8) is 0 Å². The fourth-order valence-corrected chi connectivity index (χ4v) is 3.27. The van der Waals surface area contributed by atoms with Crippen LogP contribution < -0.4 is 10.2 Å². The molecule has 1 saturated heterocycles. The quantitative estimate of drug-likeness (QED) is 0.804. The molecule has 0 spiro atoms. The molecule has 24 heavy (non-hydrogen) atoms. The predicted molar refractivity (Wildman–Crippen MR) is 95.8 cm³/mol. The number of amides is 1. The number of rotatable bonds is 4. The molecular weight excluding hydrogens is 298 g/mol. The van der Waals surface area contributed by atoms with Gasteiger partial charge in [0.2, 0.25) is 5.91 Å². The first-order valence-corrected chi connectivity index (χ1v) is 8.23. The molecule has 4 nitrogen and oxygen atoms in total. The third-order valence-electron chi connectivity index (χ3n) is 4.49. The highest BCUT2D eigenvalue weighted by Gasteiger charge is 2.30. The number of aromatic nitrogens is 1. The zero-order chi connectivity index (χ0) is 16.4. The molecule has 0 unspecified atom stereocenters. The number of pyridine rings is 1. The van der Waals surface area contributed by atoms with Crippen molar-refractivity contribution >= 4 is 22.5 Å². The van der Waals surface area contributed by atoms with E-state index in [4.69, 9.17) is 0 Å². The second-order valence-corrected chi connectivity index (χ2v) is 6.11. The van der Waals surface area contributed by atoms with Crippen LogP contribution >= 0.6 is 0 Å². The highest BCUT2D eigenvalue weighted by Crippen LogP contribution is 2.22. The van der Waals surface area contributed by atoms with Crippen molar-refractivity contribution in [1.29, 1.82) is 0 Å². The largest absolute Gasteiger partial charge is 0.311 e. The zero-order valence-corrected chi connectivity index (χ0v) is 13.4. The van der Waals surface area contributed by atoms with E-state index in [1.165, 1.54) is 5.56 Å². The van der Waals surface area contributed by atoms with Gasteiger partial charge in [-0.15, -0.1) is 0 Å². The van der Waals surface area contributed by atoms with E-state index in [2.05, 4.69) is 34.6 Å². The first kappa shape index (κ1) is 14.8. The Morgan fingerprint density at radius 3 is 2.75 bits per heavy atom. The van der Waals surface area contributed by atoms with Crippen molar-refractivity contribution in [3.05, 3.63) is 72.4 Å². The molecule has 1 amide bonds. The van der Waals surface area contributed by atoms with Gasteiger partial charge in [0.15, 0.2) is 0 Å². The summed E-state index contributed by atoms with van der Waals surface area (Å²) >= 11 is 0. The Balaban J connectivity index is 1.46. The van der Waals surface area contributed by atoms with Gasteiger partial charge in [-0.25, -0.2) is 0 Å². The summed E-state index contributed by atoms with van der Waals surface area (Å²) in [5.41, 5.74) is 3.16. The summed E-state index contributed by atoms with van der Waals surface area (Å²) in [6, 6.07) is 20.3. The fraction of sp³-hybridized carbons (Fsp3) is 0.200. The number of carbonyl (C=O) groups is 1. The highest BCUT2D eigenvalue weighted by molar-refractivity contribution is 5.96. The van der Waals surface area contributed by atoms with Crippen LogP contribution in [0.25, 0.3) is 10.9 Å². The molecule has 0 bridgehead atoms. The van der Waals surface area contributed by atoms with Crippen LogP contribution in [0.1, 0.15) is 12.0 Å². The molecule has 3 aromatic rings. The number of anilines is 1. The van der Waals surface area contributed by atoms with Gasteiger partial charge < -0.3 is 10.2 Å². The monoisotopic (exact) mass is 317 g/mol. The third-order valence-corrected chi connectivity index (χ3v) is 4.49. The Hall–Kier alpha value is -2.72. The van der Waals surface area contributed by atoms with Crippen molar-refractivity contribution in [2.75, 3.05) is 11.4 Å². The number of carbonyl (C=O) groups excluding carboxylic acids is 1. The Bertz CT molecular complexity index is 858. The minimum atomic E-state index is 0.164. The Morgan fingerprint density at radius 2 is 1.88 bits per heavy atom. The van der Waals surface area contributed by atoms with Crippen LogP contribution in [0.15, 0.2) is 66.9 Å². The number of nitrogens with one attached hydrogen (secondary N) is 1. The summed E-state index contributed by atoms with van der Waals surface area (Å²) in [7, 11) is 0. The second-order valence-electron chi connectivity index (χ2n) is 6.11. The highest BCUT2D eigenvalue weighted by atomic mass is 16.2. The maximum Gasteiger partial charge on any atom is 0.228 e. The van der Waals surface area contributed by atoms with E-state index in [9.17, 15) is 4.79 Å². The molecule has 4 rings (SSSR count). The normalized spacial score (nSPS) is 17.6. The van der Waals surface area contributed by atoms with E-state index < -0.39 is 0 Å². The first-order valence-electron chi connectivity index (χ1n) is 8.23. The summed E-state index contributed by atoms with van der Waals surface area (Å²) < 4.78 is 0. The first-order chi connectivity index (χ1) is 11.8. The maximum absolute atomic E-state index is 12.3. The second kappa shape index (κ2) is 6.42. The van der Waals surface area contributed by atoms with Crippen LogP contribution in [-0.2, 0) is 11.3 Å². The van der Waals surface area contributed by atoms with Crippen LogP contribution in [0, 0.1) is 0 Å². The predicted octanol–water partition coefficient (Wildman–Crippen LogP) is 3.13. The van der Waals surface area contributed by atoms with Gasteiger partial charge in [-0.3, -0.25) is 9.78 Å². The van der Waals surface area contributed by atoms with E-state index in [1.54, 1.807) is 0 Å². The number of hydrogen-bond donors (Lipinski definition) is 1. The molecule has 1 aliphatic heterocycles. The van der Waals surface area contributed by atoms with E-state index in [1.807, 2.05) is 47.5 Å². The summed E-state index contributed by atoms with van der Waals surface area (Å²) in [6.45, 7) is 1.43.